The van der Waals surface area contributed by atoms with Crippen molar-refractivity contribution >= 4 is 5.57 Å². The molecule has 1 heterocycles. The first-order chi connectivity index (χ1) is 8.68. The van der Waals surface area contributed by atoms with E-state index in [0.29, 0.717) is 0 Å². The summed E-state index contributed by atoms with van der Waals surface area (Å²) in [7, 11) is 0. The van der Waals surface area contributed by atoms with E-state index in [-0.39, 0.29) is 5.54 Å². The van der Waals surface area contributed by atoms with E-state index >= 15 is 0 Å². The number of allylic oxidation sites excluding steroid dienone is 3. The Morgan fingerprint density at radius 1 is 1.11 bits per heavy atom. The molecule has 1 aromatic carbocycles. The van der Waals surface area contributed by atoms with Crippen molar-refractivity contribution in [1.82, 2.24) is 5.32 Å². The van der Waals surface area contributed by atoms with Gasteiger partial charge in [0.1, 0.15) is 0 Å². The van der Waals surface area contributed by atoms with Crippen molar-refractivity contribution in [1.29, 1.82) is 0 Å². The first-order valence-electron chi connectivity index (χ1n) is 6.59. The second-order valence-electron chi connectivity index (χ2n) is 5.49. The molecular weight excluding hydrogens is 218 g/mol. The summed E-state index contributed by atoms with van der Waals surface area (Å²) in [5, 5.41) is 3.65. The standard InChI is InChI=1S/C17H19N/c1-17(2)16-11-7-6-10-14(16)15(12-18-17)13-8-4-3-5-9-13/h3-6,8-11,18H,7,12H2,1-2H3. The molecule has 0 saturated heterocycles. The van der Waals surface area contributed by atoms with Crippen LogP contribution in [0.15, 0.2) is 59.7 Å². The number of hydrogen-bond acceptors (Lipinski definition) is 1. The second kappa shape index (κ2) is 4.25. The van der Waals surface area contributed by atoms with Crippen LogP contribution in [0.25, 0.3) is 5.57 Å². The van der Waals surface area contributed by atoms with Gasteiger partial charge in [-0.1, -0.05) is 48.6 Å². The van der Waals surface area contributed by atoms with Crippen LogP contribution >= 0.6 is 0 Å². The van der Waals surface area contributed by atoms with E-state index in [0.717, 1.165) is 13.0 Å². The van der Waals surface area contributed by atoms with Crippen molar-refractivity contribution in [3.63, 3.8) is 0 Å². The van der Waals surface area contributed by atoms with Gasteiger partial charge in [0.25, 0.3) is 0 Å². The molecule has 0 fully saturated rings. The molecule has 1 aliphatic carbocycles. The van der Waals surface area contributed by atoms with Crippen LogP contribution in [0.3, 0.4) is 0 Å². The van der Waals surface area contributed by atoms with Crippen LogP contribution in [0, 0.1) is 0 Å². The average molecular weight is 237 g/mol. The lowest BCUT2D eigenvalue weighted by molar-refractivity contribution is 0.472. The zero-order chi connectivity index (χ0) is 12.6. The molecule has 1 nitrogen and oxygen atoms in total. The van der Waals surface area contributed by atoms with Crippen LogP contribution in [0.2, 0.25) is 0 Å². The van der Waals surface area contributed by atoms with Gasteiger partial charge in [-0.2, -0.15) is 0 Å². The Bertz CT molecular complexity index is 544. The van der Waals surface area contributed by atoms with E-state index < -0.39 is 0 Å². The van der Waals surface area contributed by atoms with Crippen LogP contribution in [-0.4, -0.2) is 12.1 Å². The summed E-state index contributed by atoms with van der Waals surface area (Å²) in [6.07, 6.45) is 7.94. The highest BCUT2D eigenvalue weighted by Crippen LogP contribution is 2.37. The quantitative estimate of drug-likeness (QED) is 0.785. The van der Waals surface area contributed by atoms with Gasteiger partial charge in [-0.05, 0) is 42.6 Å². The van der Waals surface area contributed by atoms with Crippen molar-refractivity contribution < 1.29 is 0 Å². The zero-order valence-electron chi connectivity index (χ0n) is 11.0. The van der Waals surface area contributed by atoms with Gasteiger partial charge in [0.15, 0.2) is 0 Å². The Morgan fingerprint density at radius 2 is 1.89 bits per heavy atom. The zero-order valence-corrected chi connectivity index (χ0v) is 11.0. The van der Waals surface area contributed by atoms with Crippen LogP contribution in [0.1, 0.15) is 25.8 Å². The summed E-state index contributed by atoms with van der Waals surface area (Å²) >= 11 is 0. The molecule has 3 rings (SSSR count). The highest BCUT2D eigenvalue weighted by Gasteiger charge is 2.31. The molecule has 92 valence electrons. The lowest BCUT2D eigenvalue weighted by atomic mass is 9.78. The lowest BCUT2D eigenvalue weighted by Gasteiger charge is -2.38. The van der Waals surface area contributed by atoms with E-state index in [2.05, 4.69) is 67.7 Å². The van der Waals surface area contributed by atoms with Crippen molar-refractivity contribution in [2.75, 3.05) is 6.54 Å². The highest BCUT2D eigenvalue weighted by molar-refractivity contribution is 5.79. The number of benzene rings is 1. The molecule has 2 aliphatic rings. The van der Waals surface area contributed by atoms with E-state index in [4.69, 9.17) is 0 Å². The molecule has 0 unspecified atom stereocenters. The van der Waals surface area contributed by atoms with E-state index in [1.165, 1.54) is 22.3 Å². The molecule has 0 spiro atoms. The van der Waals surface area contributed by atoms with Gasteiger partial charge in [-0.25, -0.2) is 0 Å². The second-order valence-corrected chi connectivity index (χ2v) is 5.49. The molecule has 0 saturated carbocycles. The van der Waals surface area contributed by atoms with Crippen LogP contribution in [0.5, 0.6) is 0 Å². The maximum atomic E-state index is 3.65. The fraction of sp³-hybridized carbons (Fsp3) is 0.294. The Hall–Kier alpha value is -1.60. The van der Waals surface area contributed by atoms with Crippen LogP contribution in [0.4, 0.5) is 0 Å². The summed E-state index contributed by atoms with van der Waals surface area (Å²) in [5.41, 5.74) is 5.68. The minimum atomic E-state index is 0.0817. The van der Waals surface area contributed by atoms with Crippen molar-refractivity contribution in [2.45, 2.75) is 25.8 Å². The Labute approximate surface area is 109 Å². The smallest absolute Gasteiger partial charge is 0.0383 e. The molecule has 0 amide bonds. The monoisotopic (exact) mass is 237 g/mol. The van der Waals surface area contributed by atoms with Crippen molar-refractivity contribution in [3.05, 3.63) is 65.3 Å². The maximum Gasteiger partial charge on any atom is 0.0383 e. The average Bonchev–Trinajstić information content (AvgIpc) is 2.40. The van der Waals surface area contributed by atoms with Gasteiger partial charge in [0, 0.05) is 12.1 Å². The number of hydrogen-bond donors (Lipinski definition) is 1. The summed E-state index contributed by atoms with van der Waals surface area (Å²) < 4.78 is 0. The Kier molecular flexibility index (Phi) is 2.71. The van der Waals surface area contributed by atoms with Crippen LogP contribution < -0.4 is 5.32 Å². The number of fused-ring (bicyclic) bond motifs is 1. The molecule has 1 heteroatoms. The Balaban J connectivity index is 2.15. The molecule has 0 radical (unpaired) electrons. The normalized spacial score (nSPS) is 21.6. The lowest BCUT2D eigenvalue weighted by Crippen LogP contribution is -2.46. The van der Waals surface area contributed by atoms with Gasteiger partial charge < -0.3 is 5.32 Å². The minimum Gasteiger partial charge on any atom is -0.304 e. The molecular formula is C17H19N. The van der Waals surface area contributed by atoms with Crippen molar-refractivity contribution in [3.8, 4) is 0 Å². The summed E-state index contributed by atoms with van der Waals surface area (Å²) in [4.78, 5) is 0. The van der Waals surface area contributed by atoms with Gasteiger partial charge >= 0.3 is 0 Å². The Morgan fingerprint density at radius 3 is 2.67 bits per heavy atom. The van der Waals surface area contributed by atoms with Gasteiger partial charge in [-0.15, -0.1) is 0 Å². The fourth-order valence-electron chi connectivity index (χ4n) is 2.82. The SMILES string of the molecule is CC1(C)NCC(c2ccccc2)=C2C=CCC=C21. The third-order valence-corrected chi connectivity index (χ3v) is 3.86. The molecule has 0 atom stereocenters. The summed E-state index contributed by atoms with van der Waals surface area (Å²) in [5.74, 6) is 0. The van der Waals surface area contributed by atoms with E-state index in [9.17, 15) is 0 Å². The van der Waals surface area contributed by atoms with Gasteiger partial charge in [0.2, 0.25) is 0 Å². The third kappa shape index (κ3) is 1.85. The highest BCUT2D eigenvalue weighted by atomic mass is 15.0. The molecule has 0 aromatic heterocycles. The number of nitrogens with one attached hydrogen (secondary N) is 1. The van der Waals surface area contributed by atoms with Crippen molar-refractivity contribution in [2.24, 2.45) is 0 Å². The van der Waals surface area contributed by atoms with E-state index in [1.54, 1.807) is 0 Å². The third-order valence-electron chi connectivity index (χ3n) is 3.86. The van der Waals surface area contributed by atoms with Crippen LogP contribution in [-0.2, 0) is 0 Å². The molecule has 18 heavy (non-hydrogen) atoms. The summed E-state index contributed by atoms with van der Waals surface area (Å²) in [6, 6.07) is 10.7. The molecule has 0 bridgehead atoms. The molecule has 1 N–H and O–H groups in total. The largest absolute Gasteiger partial charge is 0.304 e. The first kappa shape index (κ1) is 11.5. The topological polar surface area (TPSA) is 12.0 Å². The maximum absolute atomic E-state index is 3.65. The van der Waals surface area contributed by atoms with E-state index in [1.807, 2.05) is 0 Å². The molecule has 1 aromatic rings. The minimum absolute atomic E-state index is 0.0817. The summed E-state index contributed by atoms with van der Waals surface area (Å²) in [6.45, 7) is 5.47. The first-order valence-corrected chi connectivity index (χ1v) is 6.59. The van der Waals surface area contributed by atoms with Gasteiger partial charge in [0.05, 0.1) is 0 Å². The number of rotatable bonds is 1. The van der Waals surface area contributed by atoms with Gasteiger partial charge in [-0.3, -0.25) is 0 Å². The fourth-order valence-corrected chi connectivity index (χ4v) is 2.82. The molecule has 1 aliphatic heterocycles. The predicted octanol–water partition coefficient (Wildman–Crippen LogP) is 3.71. The predicted molar refractivity (Wildman–Crippen MR) is 77.3 cm³/mol.